The van der Waals surface area contributed by atoms with Crippen LogP contribution in [-0.2, 0) is 63.9 Å². The zero-order valence-electron chi connectivity index (χ0n) is 34.7. The smallest absolute Gasteiger partial charge is 0.223 e. The van der Waals surface area contributed by atoms with Crippen molar-refractivity contribution in [1.82, 2.24) is 16.0 Å². The standard InChI is InChI=1S/C41H66N3O12PS/c1-7-20-50-26-29-53-23-10-11-35(45)12-15-41(16-13-37(46)42-18-24-54-30-27-51-21-8-2,17-14-38(47)43-19-25-55-31-28-52-22-9-3)44-39(48)34-32-36(33-34)56-57(49,58)40(4,5)6/h1-3,34,36H,10-33H2,4-6H3,(H,42,46)(H,43,47)(H,44,48)(H,49,58). The fourth-order valence-corrected chi connectivity index (χ4v) is 6.75. The molecule has 1 aliphatic rings. The van der Waals surface area contributed by atoms with E-state index in [0.717, 1.165) is 0 Å². The van der Waals surface area contributed by atoms with E-state index in [9.17, 15) is 24.1 Å². The van der Waals surface area contributed by atoms with Crippen LogP contribution in [0.3, 0.4) is 0 Å². The lowest BCUT2D eigenvalue weighted by Crippen LogP contribution is -2.54. The van der Waals surface area contributed by atoms with Gasteiger partial charge in [0.15, 0.2) is 6.49 Å². The van der Waals surface area contributed by atoms with E-state index in [1.807, 2.05) is 20.8 Å². The number of terminal acetylenes is 3. The predicted octanol–water partition coefficient (Wildman–Crippen LogP) is 2.66. The molecule has 0 saturated heterocycles. The molecule has 0 radical (unpaired) electrons. The lowest BCUT2D eigenvalue weighted by molar-refractivity contribution is -0.134. The lowest BCUT2D eigenvalue weighted by Gasteiger charge is -2.42. The normalized spacial score (nSPS) is 16.2. The third kappa shape index (κ3) is 24.9. The van der Waals surface area contributed by atoms with Gasteiger partial charge in [-0.25, -0.2) is 0 Å². The van der Waals surface area contributed by atoms with E-state index in [1.54, 1.807) is 0 Å². The van der Waals surface area contributed by atoms with Crippen molar-refractivity contribution in [3.63, 3.8) is 0 Å². The van der Waals surface area contributed by atoms with Gasteiger partial charge in [0.25, 0.3) is 0 Å². The van der Waals surface area contributed by atoms with Gasteiger partial charge < -0.3 is 53.8 Å². The fourth-order valence-electron chi connectivity index (χ4n) is 5.49. The Hall–Kier alpha value is -2.91. The predicted molar refractivity (Wildman–Crippen MR) is 224 cm³/mol. The van der Waals surface area contributed by atoms with E-state index < -0.39 is 23.1 Å². The van der Waals surface area contributed by atoms with Crippen LogP contribution < -0.4 is 16.0 Å². The molecule has 1 unspecified atom stereocenters. The minimum Gasteiger partial charge on any atom is -0.379 e. The second-order valence-electron chi connectivity index (χ2n) is 14.8. The van der Waals surface area contributed by atoms with E-state index in [4.69, 9.17) is 64.0 Å². The summed E-state index contributed by atoms with van der Waals surface area (Å²) >= 11 is 5.40. The number of hydrogen-bond donors (Lipinski definition) is 4. The van der Waals surface area contributed by atoms with Gasteiger partial charge in [-0.15, -0.1) is 19.3 Å². The second kappa shape index (κ2) is 31.0. The first-order valence-electron chi connectivity index (χ1n) is 19.8. The third-order valence-corrected chi connectivity index (χ3v) is 13.3. The molecule has 15 nitrogen and oxygen atoms in total. The van der Waals surface area contributed by atoms with Crippen LogP contribution in [0.15, 0.2) is 0 Å². The van der Waals surface area contributed by atoms with Crippen molar-refractivity contribution in [3.05, 3.63) is 0 Å². The van der Waals surface area contributed by atoms with Gasteiger partial charge in [0.2, 0.25) is 17.7 Å². The molecule has 4 N–H and O–H groups in total. The van der Waals surface area contributed by atoms with Crippen LogP contribution in [0, 0.1) is 42.9 Å². The number of rotatable bonds is 35. The Balaban J connectivity index is 3.02. The Bertz CT molecular complexity index is 1290. The molecule has 1 rings (SSSR count). The SMILES string of the molecule is C#CCOCCOCCCC(=O)CCC(CCC(=O)NCCOCCOCC#C)(CCC(=O)NCCOCCOCC#C)NC(=O)C1CC(OP(O)(=S)C(C)(C)C)C1. The maximum Gasteiger partial charge on any atom is 0.223 e. The first kappa shape index (κ1) is 53.1. The van der Waals surface area contributed by atoms with E-state index in [-0.39, 0.29) is 121 Å². The van der Waals surface area contributed by atoms with Crippen LogP contribution in [-0.4, -0.2) is 138 Å². The highest BCUT2D eigenvalue weighted by molar-refractivity contribution is 8.10. The molecule has 1 fully saturated rings. The maximum atomic E-state index is 13.9. The van der Waals surface area contributed by atoms with Gasteiger partial charge >= 0.3 is 0 Å². The summed E-state index contributed by atoms with van der Waals surface area (Å²) in [4.78, 5) is 64.0. The molecule has 1 atom stereocenters. The summed E-state index contributed by atoms with van der Waals surface area (Å²) in [6.07, 6.45) is 17.3. The first-order valence-corrected chi connectivity index (χ1v) is 22.5. The van der Waals surface area contributed by atoms with Gasteiger partial charge in [-0.3, -0.25) is 19.2 Å². The van der Waals surface area contributed by atoms with Crippen LogP contribution in [0.4, 0.5) is 0 Å². The van der Waals surface area contributed by atoms with Gasteiger partial charge in [-0.1, -0.05) is 38.5 Å². The number of amides is 3. The van der Waals surface area contributed by atoms with Crippen LogP contribution >= 0.6 is 6.49 Å². The second-order valence-corrected chi connectivity index (χ2v) is 18.9. The van der Waals surface area contributed by atoms with E-state index >= 15 is 0 Å². The molecule has 0 aromatic carbocycles. The maximum absolute atomic E-state index is 13.9. The van der Waals surface area contributed by atoms with Crippen molar-refractivity contribution in [2.45, 2.75) is 102 Å². The molecule has 0 aliphatic heterocycles. The van der Waals surface area contributed by atoms with Crippen LogP contribution in [0.2, 0.25) is 0 Å². The Labute approximate surface area is 351 Å². The average Bonchev–Trinajstić information content (AvgIpc) is 3.16. The number of ether oxygens (including phenoxy) is 6. The molecule has 1 aliphatic carbocycles. The number of carbonyl (C=O) groups is 4. The van der Waals surface area contributed by atoms with Crippen molar-refractivity contribution in [3.8, 4) is 37.0 Å². The van der Waals surface area contributed by atoms with Crippen molar-refractivity contribution in [1.29, 1.82) is 0 Å². The summed E-state index contributed by atoms with van der Waals surface area (Å²) < 4.78 is 37.9. The number of carbonyl (C=O) groups excluding carboxylic acids is 4. The van der Waals surface area contributed by atoms with Crippen molar-refractivity contribution >= 4 is 41.8 Å². The lowest BCUT2D eigenvalue weighted by atomic mass is 9.78. The summed E-state index contributed by atoms with van der Waals surface area (Å²) in [5, 5.41) is 8.21. The van der Waals surface area contributed by atoms with Crippen molar-refractivity contribution in [2.24, 2.45) is 5.92 Å². The van der Waals surface area contributed by atoms with Crippen molar-refractivity contribution in [2.75, 3.05) is 92.4 Å². The van der Waals surface area contributed by atoms with Gasteiger partial charge in [0.05, 0.1) is 59.0 Å². The minimum atomic E-state index is -3.11. The summed E-state index contributed by atoms with van der Waals surface area (Å²) in [5.74, 6) is 5.82. The number of hydrogen-bond acceptors (Lipinski definition) is 12. The molecular formula is C41H66N3O12PS. The number of Topliss-reactive ketones (excluding diaryl/α,β-unsaturated/α-hetero) is 1. The number of ketones is 1. The zero-order chi connectivity index (χ0) is 43.1. The summed E-state index contributed by atoms with van der Waals surface area (Å²) in [6.45, 7) is 6.30. The van der Waals surface area contributed by atoms with Gasteiger partial charge in [-0.05, 0) is 50.3 Å². The summed E-state index contributed by atoms with van der Waals surface area (Å²) in [6, 6.07) is 0. The Morgan fingerprint density at radius 3 is 1.55 bits per heavy atom. The molecule has 0 aromatic heterocycles. The van der Waals surface area contributed by atoms with E-state index in [2.05, 4.69) is 33.7 Å². The molecule has 0 bridgehead atoms. The Kier molecular flexibility index (Phi) is 28.4. The van der Waals surface area contributed by atoms with Crippen LogP contribution in [0.1, 0.15) is 85.0 Å². The van der Waals surface area contributed by atoms with Crippen LogP contribution in [0.25, 0.3) is 0 Å². The minimum absolute atomic E-state index is 0.0159. The van der Waals surface area contributed by atoms with E-state index in [0.29, 0.717) is 65.5 Å². The quantitative estimate of drug-likeness (QED) is 0.0415. The highest BCUT2D eigenvalue weighted by Gasteiger charge is 2.43. The Morgan fingerprint density at radius 2 is 1.10 bits per heavy atom. The molecular weight excluding hydrogens is 790 g/mol. The fraction of sp³-hybridized carbons (Fsp3) is 0.756. The summed E-state index contributed by atoms with van der Waals surface area (Å²) in [7, 11) is 0. The molecule has 0 heterocycles. The van der Waals surface area contributed by atoms with Gasteiger partial charge in [0, 0.05) is 62.0 Å². The van der Waals surface area contributed by atoms with Gasteiger partial charge in [0.1, 0.15) is 25.6 Å². The van der Waals surface area contributed by atoms with Gasteiger partial charge in [-0.2, -0.15) is 0 Å². The largest absolute Gasteiger partial charge is 0.379 e. The number of nitrogens with one attached hydrogen (secondary N) is 3. The molecule has 1 saturated carbocycles. The van der Waals surface area contributed by atoms with Crippen molar-refractivity contribution < 1.29 is 57.0 Å². The molecule has 328 valence electrons. The average molecular weight is 856 g/mol. The Morgan fingerprint density at radius 1 is 0.672 bits per heavy atom. The summed E-state index contributed by atoms with van der Waals surface area (Å²) in [5.41, 5.74) is -1.08. The molecule has 3 amide bonds. The highest BCUT2D eigenvalue weighted by atomic mass is 32.5. The molecule has 0 aromatic rings. The molecule has 17 heteroatoms. The van der Waals surface area contributed by atoms with E-state index in [1.165, 1.54) is 0 Å². The molecule has 0 spiro atoms. The first-order chi connectivity index (χ1) is 27.7. The highest BCUT2D eigenvalue weighted by Crippen LogP contribution is 2.58. The molecule has 58 heavy (non-hydrogen) atoms. The third-order valence-electron chi connectivity index (χ3n) is 9.09. The topological polar surface area (TPSA) is 189 Å². The van der Waals surface area contributed by atoms with Crippen LogP contribution in [0.5, 0.6) is 0 Å². The monoisotopic (exact) mass is 855 g/mol. The zero-order valence-corrected chi connectivity index (χ0v) is 36.4.